The predicted octanol–water partition coefficient (Wildman–Crippen LogP) is 4.41. The largest absolute Gasteiger partial charge is 0.493 e. The highest BCUT2D eigenvalue weighted by Gasteiger charge is 2.16. The summed E-state index contributed by atoms with van der Waals surface area (Å²) in [5.41, 5.74) is 0.719. The third-order valence-electron chi connectivity index (χ3n) is 3.35. The SMILES string of the molecule is COc1cccc(/C=C(\C#N)C(=O)c2ccc(F)cc2)c1OC(C)C. The van der Waals surface area contributed by atoms with E-state index in [9.17, 15) is 14.4 Å². The molecule has 0 spiro atoms. The molecule has 0 heterocycles. The van der Waals surface area contributed by atoms with E-state index in [1.165, 1.54) is 37.5 Å². The van der Waals surface area contributed by atoms with Crippen LogP contribution in [0, 0.1) is 17.1 Å². The quantitative estimate of drug-likeness (QED) is 0.444. The number of carbonyl (C=O) groups excluding carboxylic acids is 1. The van der Waals surface area contributed by atoms with Crippen LogP contribution >= 0.6 is 0 Å². The minimum Gasteiger partial charge on any atom is -0.493 e. The number of methoxy groups -OCH3 is 1. The highest BCUT2D eigenvalue weighted by Crippen LogP contribution is 2.33. The van der Waals surface area contributed by atoms with Crippen LogP contribution in [0.4, 0.5) is 4.39 Å². The average Bonchev–Trinajstić information content (AvgIpc) is 2.60. The lowest BCUT2D eigenvalue weighted by molar-refractivity contribution is 0.104. The van der Waals surface area contributed by atoms with Crippen molar-refractivity contribution >= 4 is 11.9 Å². The first-order valence-electron chi connectivity index (χ1n) is 7.72. The van der Waals surface area contributed by atoms with Gasteiger partial charge in [-0.05, 0) is 50.3 Å². The van der Waals surface area contributed by atoms with E-state index in [0.29, 0.717) is 17.1 Å². The fourth-order valence-corrected chi connectivity index (χ4v) is 2.23. The smallest absolute Gasteiger partial charge is 0.203 e. The molecule has 0 fully saturated rings. The van der Waals surface area contributed by atoms with Crippen molar-refractivity contribution in [2.45, 2.75) is 20.0 Å². The molecule has 128 valence electrons. The first-order chi connectivity index (χ1) is 12.0. The van der Waals surface area contributed by atoms with Gasteiger partial charge in [-0.3, -0.25) is 4.79 Å². The molecule has 0 aliphatic heterocycles. The van der Waals surface area contributed by atoms with Crippen LogP contribution in [-0.2, 0) is 0 Å². The van der Waals surface area contributed by atoms with E-state index in [4.69, 9.17) is 9.47 Å². The second kappa shape index (κ2) is 8.11. The Kier molecular flexibility index (Phi) is 5.91. The summed E-state index contributed by atoms with van der Waals surface area (Å²) in [6.45, 7) is 3.74. The first-order valence-corrected chi connectivity index (χ1v) is 7.72. The lowest BCUT2D eigenvalue weighted by Crippen LogP contribution is -2.08. The van der Waals surface area contributed by atoms with E-state index in [2.05, 4.69) is 0 Å². The number of ether oxygens (including phenoxy) is 2. The number of hydrogen-bond donors (Lipinski definition) is 0. The Bertz CT molecular complexity index is 833. The molecular formula is C20H18FNO3. The molecule has 0 bridgehead atoms. The van der Waals surface area contributed by atoms with E-state index in [1.54, 1.807) is 18.2 Å². The molecule has 5 heteroatoms. The number of halogens is 1. The molecule has 2 rings (SSSR count). The van der Waals surface area contributed by atoms with Gasteiger partial charge in [0, 0.05) is 11.1 Å². The van der Waals surface area contributed by atoms with Gasteiger partial charge in [-0.15, -0.1) is 0 Å². The fourth-order valence-electron chi connectivity index (χ4n) is 2.23. The zero-order chi connectivity index (χ0) is 18.4. The van der Waals surface area contributed by atoms with Crippen molar-refractivity contribution in [2.75, 3.05) is 7.11 Å². The maximum atomic E-state index is 13.0. The number of carbonyl (C=O) groups is 1. The van der Waals surface area contributed by atoms with Crippen molar-refractivity contribution in [1.29, 1.82) is 5.26 Å². The topological polar surface area (TPSA) is 59.3 Å². The van der Waals surface area contributed by atoms with Crippen molar-refractivity contribution in [3.05, 3.63) is 65.0 Å². The Morgan fingerprint density at radius 2 is 1.88 bits per heavy atom. The summed E-state index contributed by atoms with van der Waals surface area (Å²) in [6, 6.07) is 12.2. The van der Waals surface area contributed by atoms with Crippen LogP contribution in [0.25, 0.3) is 6.08 Å². The molecule has 25 heavy (non-hydrogen) atoms. The number of ketones is 1. The number of benzene rings is 2. The second-order valence-corrected chi connectivity index (χ2v) is 5.55. The summed E-state index contributed by atoms with van der Waals surface area (Å²) < 4.78 is 24.1. The molecule has 0 unspecified atom stereocenters. The minimum atomic E-state index is -0.485. The maximum Gasteiger partial charge on any atom is 0.203 e. The van der Waals surface area contributed by atoms with Crippen LogP contribution < -0.4 is 9.47 Å². The Labute approximate surface area is 146 Å². The van der Waals surface area contributed by atoms with Crippen molar-refractivity contribution in [3.8, 4) is 17.6 Å². The van der Waals surface area contributed by atoms with E-state index in [1.807, 2.05) is 19.9 Å². The standard InChI is InChI=1S/C20H18FNO3/c1-13(2)25-20-15(5-4-6-18(20)24-3)11-16(12-22)19(23)14-7-9-17(21)10-8-14/h4-11,13H,1-3H3/b16-11+. The number of hydrogen-bond acceptors (Lipinski definition) is 4. The zero-order valence-corrected chi connectivity index (χ0v) is 14.2. The molecule has 4 nitrogen and oxygen atoms in total. The van der Waals surface area contributed by atoms with Crippen LogP contribution in [0.5, 0.6) is 11.5 Å². The van der Waals surface area contributed by atoms with Crippen LogP contribution in [0.1, 0.15) is 29.8 Å². The van der Waals surface area contributed by atoms with Crippen LogP contribution in [0.2, 0.25) is 0 Å². The van der Waals surface area contributed by atoms with Gasteiger partial charge in [0.2, 0.25) is 5.78 Å². The van der Waals surface area contributed by atoms with E-state index in [-0.39, 0.29) is 17.2 Å². The van der Waals surface area contributed by atoms with Crippen LogP contribution in [-0.4, -0.2) is 19.0 Å². The summed E-state index contributed by atoms with van der Waals surface area (Å²) in [4.78, 5) is 12.5. The van der Waals surface area contributed by atoms with E-state index in [0.717, 1.165) is 0 Å². The van der Waals surface area contributed by atoms with Crippen molar-refractivity contribution < 1.29 is 18.7 Å². The van der Waals surface area contributed by atoms with Crippen LogP contribution in [0.3, 0.4) is 0 Å². The fraction of sp³-hybridized carbons (Fsp3) is 0.200. The molecule has 2 aromatic rings. The summed E-state index contributed by atoms with van der Waals surface area (Å²) in [6.07, 6.45) is 1.34. The summed E-state index contributed by atoms with van der Waals surface area (Å²) in [5, 5.41) is 9.39. The lowest BCUT2D eigenvalue weighted by Gasteiger charge is -2.16. The van der Waals surface area contributed by atoms with Crippen molar-refractivity contribution in [2.24, 2.45) is 0 Å². The molecule has 0 amide bonds. The Morgan fingerprint density at radius 3 is 2.44 bits per heavy atom. The maximum absolute atomic E-state index is 13.0. The molecule has 0 N–H and O–H groups in total. The van der Waals surface area contributed by atoms with E-state index < -0.39 is 11.6 Å². The van der Waals surface area contributed by atoms with Gasteiger partial charge >= 0.3 is 0 Å². The van der Waals surface area contributed by atoms with Gasteiger partial charge in [-0.1, -0.05) is 12.1 Å². The van der Waals surface area contributed by atoms with E-state index >= 15 is 0 Å². The second-order valence-electron chi connectivity index (χ2n) is 5.55. The molecule has 0 aromatic heterocycles. The number of rotatable bonds is 6. The Balaban J connectivity index is 2.47. The number of nitrogens with zero attached hydrogens (tertiary/aromatic N) is 1. The lowest BCUT2D eigenvalue weighted by atomic mass is 10.0. The third-order valence-corrected chi connectivity index (χ3v) is 3.35. The molecule has 2 aromatic carbocycles. The zero-order valence-electron chi connectivity index (χ0n) is 14.2. The van der Waals surface area contributed by atoms with Gasteiger partial charge in [0.1, 0.15) is 17.5 Å². The molecule has 0 saturated carbocycles. The van der Waals surface area contributed by atoms with Gasteiger partial charge < -0.3 is 9.47 Å². The molecule has 0 atom stereocenters. The average molecular weight is 339 g/mol. The van der Waals surface area contributed by atoms with Gasteiger partial charge in [0.05, 0.1) is 13.2 Å². The number of nitriles is 1. The number of para-hydroxylation sites is 1. The molecule has 0 saturated heterocycles. The molecule has 0 aliphatic carbocycles. The highest BCUT2D eigenvalue weighted by molar-refractivity contribution is 6.14. The molecule has 0 aliphatic rings. The summed E-state index contributed by atoms with van der Waals surface area (Å²) in [7, 11) is 1.52. The highest BCUT2D eigenvalue weighted by atomic mass is 19.1. The predicted molar refractivity (Wildman–Crippen MR) is 93.1 cm³/mol. The molecule has 0 radical (unpaired) electrons. The summed E-state index contributed by atoms with van der Waals surface area (Å²) in [5.74, 6) is 0.0360. The number of Topliss-reactive ketones (excluding diaryl/α,β-unsaturated/α-hetero) is 1. The Morgan fingerprint density at radius 1 is 1.20 bits per heavy atom. The van der Waals surface area contributed by atoms with Crippen LogP contribution in [0.15, 0.2) is 48.0 Å². The summed E-state index contributed by atoms with van der Waals surface area (Å²) >= 11 is 0. The van der Waals surface area contributed by atoms with Crippen molar-refractivity contribution in [3.63, 3.8) is 0 Å². The van der Waals surface area contributed by atoms with Gasteiger partial charge in [0.25, 0.3) is 0 Å². The number of allylic oxidation sites excluding steroid dienone is 1. The first kappa shape index (κ1) is 18.2. The van der Waals surface area contributed by atoms with Crippen molar-refractivity contribution in [1.82, 2.24) is 0 Å². The molecular weight excluding hydrogens is 321 g/mol. The van der Waals surface area contributed by atoms with Gasteiger partial charge in [-0.25, -0.2) is 4.39 Å². The third kappa shape index (κ3) is 4.45. The normalized spacial score (nSPS) is 11.1. The Hall–Kier alpha value is -3.13. The van der Waals surface area contributed by atoms with Gasteiger partial charge in [-0.2, -0.15) is 5.26 Å². The van der Waals surface area contributed by atoms with Gasteiger partial charge in [0.15, 0.2) is 11.5 Å². The monoisotopic (exact) mass is 339 g/mol. The minimum absolute atomic E-state index is 0.0755.